The molecule has 0 spiro atoms. The molecular formula is C29H42N2O2S2. The van der Waals surface area contributed by atoms with E-state index in [9.17, 15) is 9.90 Å². The van der Waals surface area contributed by atoms with Gasteiger partial charge in [-0.3, -0.25) is 9.78 Å². The van der Waals surface area contributed by atoms with Gasteiger partial charge in [-0.2, -0.15) is 0 Å². The lowest BCUT2D eigenvalue weighted by atomic mass is 9.79. The van der Waals surface area contributed by atoms with Crippen molar-refractivity contribution < 1.29 is 9.90 Å². The second-order valence-corrected chi connectivity index (χ2v) is 14.6. The maximum absolute atomic E-state index is 12.8. The summed E-state index contributed by atoms with van der Waals surface area (Å²) in [6.07, 6.45) is 8.28. The summed E-state index contributed by atoms with van der Waals surface area (Å²) in [5.41, 5.74) is 2.76. The fraction of sp³-hybridized carbons (Fsp3) is 0.586. The third kappa shape index (κ3) is 7.66. The fourth-order valence-electron chi connectivity index (χ4n) is 4.51. The molecule has 1 saturated carbocycles. The Morgan fingerprint density at radius 3 is 2.23 bits per heavy atom. The number of carbonyl (C=O) groups excluding carboxylic acids is 1. The fourth-order valence-corrected chi connectivity index (χ4v) is 7.51. The summed E-state index contributed by atoms with van der Waals surface area (Å²) in [5.74, 6) is 0.519. The van der Waals surface area contributed by atoms with Gasteiger partial charge < -0.3 is 10.4 Å². The number of carbonyl (C=O) groups is 1. The molecule has 1 aliphatic rings. The summed E-state index contributed by atoms with van der Waals surface area (Å²) in [4.78, 5) is 18.2. The summed E-state index contributed by atoms with van der Waals surface area (Å²) >= 11 is 3.75. The minimum absolute atomic E-state index is 0.0860. The van der Waals surface area contributed by atoms with Crippen LogP contribution in [0.15, 0.2) is 41.6 Å². The number of rotatable bonds is 7. The molecule has 1 amide bonds. The normalized spacial score (nSPS) is 19.9. The molecule has 0 saturated heterocycles. The van der Waals surface area contributed by atoms with E-state index in [-0.39, 0.29) is 22.0 Å². The first kappa shape index (κ1) is 27.9. The zero-order valence-corrected chi connectivity index (χ0v) is 24.0. The Balaban J connectivity index is 1.73. The third-order valence-corrected chi connectivity index (χ3v) is 9.65. The van der Waals surface area contributed by atoms with Crippen molar-refractivity contribution in [2.45, 2.75) is 112 Å². The lowest BCUT2D eigenvalue weighted by molar-refractivity contribution is -0.120. The Morgan fingerprint density at radius 2 is 1.69 bits per heavy atom. The first-order valence-corrected chi connectivity index (χ1v) is 14.5. The Morgan fingerprint density at radius 1 is 1.09 bits per heavy atom. The minimum Gasteiger partial charge on any atom is -0.507 e. The van der Waals surface area contributed by atoms with Gasteiger partial charge in [-0.15, -0.1) is 23.5 Å². The maximum atomic E-state index is 12.8. The Labute approximate surface area is 220 Å². The number of hydrogen-bond donors (Lipinski definition) is 2. The highest BCUT2D eigenvalue weighted by Gasteiger charge is 2.32. The monoisotopic (exact) mass is 514 g/mol. The zero-order valence-electron chi connectivity index (χ0n) is 22.4. The summed E-state index contributed by atoms with van der Waals surface area (Å²) in [6.45, 7) is 15.5. The number of benzene rings is 1. The van der Waals surface area contributed by atoms with E-state index in [0.717, 1.165) is 29.5 Å². The first-order valence-electron chi connectivity index (χ1n) is 12.7. The molecule has 1 aliphatic carbocycles. The second kappa shape index (κ2) is 11.6. The molecule has 0 aliphatic heterocycles. The van der Waals surface area contributed by atoms with Gasteiger partial charge in [0.2, 0.25) is 5.91 Å². The zero-order chi connectivity index (χ0) is 25.8. The number of aromatic nitrogens is 1. The maximum Gasteiger partial charge on any atom is 0.233 e. The average Bonchev–Trinajstić information content (AvgIpc) is 2.79. The highest BCUT2D eigenvalue weighted by molar-refractivity contribution is 8.04. The van der Waals surface area contributed by atoms with Crippen LogP contribution in [0.3, 0.4) is 0 Å². The molecule has 3 rings (SSSR count). The van der Waals surface area contributed by atoms with Crippen LogP contribution in [0, 0.1) is 0 Å². The second-order valence-electron chi connectivity index (χ2n) is 11.7. The molecule has 192 valence electrons. The van der Waals surface area contributed by atoms with Crippen molar-refractivity contribution in [1.29, 1.82) is 0 Å². The van der Waals surface area contributed by atoms with E-state index in [1.165, 1.54) is 17.7 Å². The molecule has 6 heteroatoms. The molecule has 35 heavy (non-hydrogen) atoms. The highest BCUT2D eigenvalue weighted by Crippen LogP contribution is 2.45. The Bertz CT molecular complexity index is 961. The van der Waals surface area contributed by atoms with Crippen molar-refractivity contribution in [1.82, 2.24) is 10.3 Å². The molecule has 0 radical (unpaired) electrons. The van der Waals surface area contributed by atoms with Crippen molar-refractivity contribution in [3.8, 4) is 5.75 Å². The van der Waals surface area contributed by atoms with Gasteiger partial charge in [0.25, 0.3) is 0 Å². The van der Waals surface area contributed by atoms with Gasteiger partial charge >= 0.3 is 0 Å². The van der Waals surface area contributed by atoms with E-state index < -0.39 is 0 Å². The average molecular weight is 515 g/mol. The molecule has 1 aromatic carbocycles. The lowest BCUT2D eigenvalue weighted by Gasteiger charge is -2.33. The molecule has 3 unspecified atom stereocenters. The van der Waals surface area contributed by atoms with E-state index in [4.69, 9.17) is 0 Å². The van der Waals surface area contributed by atoms with Gasteiger partial charge in [-0.1, -0.05) is 60.5 Å². The van der Waals surface area contributed by atoms with Crippen molar-refractivity contribution in [2.75, 3.05) is 0 Å². The van der Waals surface area contributed by atoms with E-state index in [1.807, 2.05) is 42.6 Å². The van der Waals surface area contributed by atoms with Crippen molar-refractivity contribution in [3.63, 3.8) is 0 Å². The minimum atomic E-state index is -0.137. The number of amides is 1. The number of thioether (sulfide) groups is 2. The summed E-state index contributed by atoms with van der Waals surface area (Å²) < 4.78 is 0. The molecule has 1 fully saturated rings. The number of phenols is 1. The molecule has 2 N–H and O–H groups in total. The number of aromatic hydroxyl groups is 1. The van der Waals surface area contributed by atoms with Crippen molar-refractivity contribution >= 4 is 29.4 Å². The highest BCUT2D eigenvalue weighted by atomic mass is 32.2. The Kier molecular flexibility index (Phi) is 9.25. The summed E-state index contributed by atoms with van der Waals surface area (Å²) in [7, 11) is 0. The van der Waals surface area contributed by atoms with Crippen LogP contribution in [0.5, 0.6) is 5.75 Å². The van der Waals surface area contributed by atoms with Gasteiger partial charge in [-0.05, 0) is 54.4 Å². The predicted octanol–water partition coefficient (Wildman–Crippen LogP) is 7.22. The summed E-state index contributed by atoms with van der Waals surface area (Å²) in [5, 5.41) is 14.9. The van der Waals surface area contributed by atoms with Crippen LogP contribution >= 0.6 is 23.5 Å². The smallest absolute Gasteiger partial charge is 0.233 e. The van der Waals surface area contributed by atoms with Crippen LogP contribution in [0.25, 0.3) is 0 Å². The standard InChI is InChI=1S/C29H42N2O2S2/c1-19(27(33)31-18-20-11-10-14-30-17-20)34-24-12-8-9-13-25(24)35-21-15-22(28(2,3)4)26(32)23(16-21)29(5,6)7/h10-11,14-17,19,24-25,32H,8-9,12-13,18H2,1-7H3,(H,31,33). The van der Waals surface area contributed by atoms with Gasteiger partial charge in [0, 0.05) is 45.5 Å². The Hall–Kier alpha value is -1.66. The van der Waals surface area contributed by atoms with Crippen molar-refractivity contribution in [3.05, 3.63) is 53.3 Å². The molecule has 3 atom stereocenters. The molecule has 0 bridgehead atoms. The quantitative estimate of drug-likeness (QED) is 0.408. The van der Waals surface area contributed by atoms with Gasteiger partial charge in [0.05, 0.1) is 5.25 Å². The van der Waals surface area contributed by atoms with E-state index in [2.05, 4.69) is 64.0 Å². The summed E-state index contributed by atoms with van der Waals surface area (Å²) in [6, 6.07) is 8.25. The lowest BCUT2D eigenvalue weighted by Crippen LogP contribution is -2.34. The van der Waals surface area contributed by atoms with E-state index >= 15 is 0 Å². The van der Waals surface area contributed by atoms with E-state index in [0.29, 0.717) is 22.8 Å². The molecule has 1 aromatic heterocycles. The van der Waals surface area contributed by atoms with Gasteiger partial charge in [0.15, 0.2) is 0 Å². The largest absolute Gasteiger partial charge is 0.507 e. The van der Waals surface area contributed by atoms with Gasteiger partial charge in [-0.25, -0.2) is 0 Å². The first-order chi connectivity index (χ1) is 16.4. The number of phenolic OH excluding ortho intramolecular Hbond substituents is 1. The molecular weight excluding hydrogens is 472 g/mol. The third-order valence-electron chi connectivity index (χ3n) is 6.57. The van der Waals surface area contributed by atoms with E-state index in [1.54, 1.807) is 12.4 Å². The van der Waals surface area contributed by atoms with Crippen LogP contribution in [0.1, 0.15) is 90.8 Å². The molecule has 1 heterocycles. The van der Waals surface area contributed by atoms with Crippen LogP contribution < -0.4 is 5.32 Å². The molecule has 2 aromatic rings. The van der Waals surface area contributed by atoms with Crippen LogP contribution in [-0.4, -0.2) is 31.7 Å². The number of hydrogen-bond acceptors (Lipinski definition) is 5. The topological polar surface area (TPSA) is 62.2 Å². The van der Waals surface area contributed by atoms with Gasteiger partial charge in [0.1, 0.15) is 5.75 Å². The predicted molar refractivity (Wildman–Crippen MR) is 151 cm³/mol. The number of nitrogens with one attached hydrogen (secondary N) is 1. The van der Waals surface area contributed by atoms with Crippen LogP contribution in [0.4, 0.5) is 0 Å². The van der Waals surface area contributed by atoms with Crippen LogP contribution in [0.2, 0.25) is 0 Å². The number of pyridine rings is 1. The molecule has 4 nitrogen and oxygen atoms in total. The number of nitrogens with zero attached hydrogens (tertiary/aromatic N) is 1. The van der Waals surface area contributed by atoms with Crippen molar-refractivity contribution in [2.24, 2.45) is 0 Å². The SMILES string of the molecule is CC(SC1CCCCC1Sc1cc(C(C)(C)C)c(O)c(C(C)(C)C)c1)C(=O)NCc1cccnc1. The van der Waals surface area contributed by atoms with Crippen LogP contribution in [-0.2, 0) is 22.2 Å².